The zero-order valence-corrected chi connectivity index (χ0v) is 12.0. The van der Waals surface area contributed by atoms with E-state index < -0.39 is 0 Å². The van der Waals surface area contributed by atoms with Crippen molar-refractivity contribution in [3.05, 3.63) is 35.4 Å². The van der Waals surface area contributed by atoms with Gasteiger partial charge in [-0.15, -0.1) is 0 Å². The summed E-state index contributed by atoms with van der Waals surface area (Å²) in [6.07, 6.45) is 3.23. The molecule has 0 saturated carbocycles. The van der Waals surface area contributed by atoms with Crippen molar-refractivity contribution < 1.29 is 4.79 Å². The second-order valence-corrected chi connectivity index (χ2v) is 5.32. The van der Waals surface area contributed by atoms with Crippen LogP contribution in [0.2, 0.25) is 0 Å². The first-order chi connectivity index (χ1) is 9.26. The molecule has 1 atom stereocenters. The number of benzene rings is 1. The van der Waals surface area contributed by atoms with E-state index in [4.69, 9.17) is 0 Å². The number of rotatable bonds is 5. The van der Waals surface area contributed by atoms with Gasteiger partial charge in [0.15, 0.2) is 0 Å². The topological polar surface area (TPSA) is 32.3 Å². The van der Waals surface area contributed by atoms with Gasteiger partial charge in [0.2, 0.25) is 0 Å². The molecule has 1 N–H and O–H groups in total. The molecule has 3 heteroatoms. The molecule has 1 aromatic carbocycles. The maximum absolute atomic E-state index is 12.6. The van der Waals surface area contributed by atoms with E-state index in [1.165, 1.54) is 6.42 Å². The second kappa shape index (κ2) is 6.71. The standard InChI is InChI=1S/C16H24N2O/c1-3-13-9-11-18(12-13)16(19)15-7-5-4-6-14(15)8-10-17-2/h4-7,13,17H,3,8-12H2,1-2H3. The van der Waals surface area contributed by atoms with Crippen LogP contribution in [0.3, 0.4) is 0 Å². The van der Waals surface area contributed by atoms with Gasteiger partial charge in [-0.25, -0.2) is 0 Å². The molecule has 0 radical (unpaired) electrons. The van der Waals surface area contributed by atoms with Crippen LogP contribution in [-0.4, -0.2) is 37.5 Å². The van der Waals surface area contributed by atoms with Crippen molar-refractivity contribution in [3.8, 4) is 0 Å². The first-order valence-electron chi connectivity index (χ1n) is 7.28. The largest absolute Gasteiger partial charge is 0.338 e. The van der Waals surface area contributed by atoms with Gasteiger partial charge in [0.05, 0.1) is 0 Å². The van der Waals surface area contributed by atoms with Gasteiger partial charge in [-0.3, -0.25) is 4.79 Å². The molecule has 0 aromatic heterocycles. The number of likely N-dealkylation sites (tertiary alicyclic amines) is 1. The van der Waals surface area contributed by atoms with Gasteiger partial charge in [-0.2, -0.15) is 0 Å². The highest BCUT2D eigenvalue weighted by Crippen LogP contribution is 2.22. The molecule has 1 amide bonds. The molecular weight excluding hydrogens is 236 g/mol. The Hall–Kier alpha value is -1.35. The molecule has 1 unspecified atom stereocenters. The number of nitrogens with one attached hydrogen (secondary N) is 1. The highest BCUT2D eigenvalue weighted by molar-refractivity contribution is 5.95. The highest BCUT2D eigenvalue weighted by Gasteiger charge is 2.26. The molecule has 0 spiro atoms. The van der Waals surface area contributed by atoms with E-state index in [-0.39, 0.29) is 5.91 Å². The van der Waals surface area contributed by atoms with Crippen LogP contribution in [0.25, 0.3) is 0 Å². The quantitative estimate of drug-likeness (QED) is 0.881. The third-order valence-electron chi connectivity index (χ3n) is 4.04. The lowest BCUT2D eigenvalue weighted by molar-refractivity contribution is 0.0786. The van der Waals surface area contributed by atoms with Crippen molar-refractivity contribution in [3.63, 3.8) is 0 Å². The van der Waals surface area contributed by atoms with Crippen molar-refractivity contribution in [1.29, 1.82) is 0 Å². The van der Waals surface area contributed by atoms with E-state index in [1.54, 1.807) is 0 Å². The van der Waals surface area contributed by atoms with Crippen molar-refractivity contribution in [2.45, 2.75) is 26.2 Å². The fraction of sp³-hybridized carbons (Fsp3) is 0.562. The van der Waals surface area contributed by atoms with Crippen LogP contribution in [0, 0.1) is 5.92 Å². The summed E-state index contributed by atoms with van der Waals surface area (Å²) in [6, 6.07) is 8.01. The number of carbonyl (C=O) groups excluding carboxylic acids is 1. The number of likely N-dealkylation sites (N-methyl/N-ethyl adjacent to an activating group) is 1. The SMILES string of the molecule is CCC1CCN(C(=O)c2ccccc2CCNC)C1. The minimum atomic E-state index is 0.211. The Labute approximate surface area is 116 Å². The Morgan fingerprint density at radius 1 is 1.42 bits per heavy atom. The number of amides is 1. The summed E-state index contributed by atoms with van der Waals surface area (Å²) < 4.78 is 0. The summed E-state index contributed by atoms with van der Waals surface area (Å²) in [4.78, 5) is 14.6. The first kappa shape index (κ1) is 14.1. The molecule has 1 heterocycles. The summed E-state index contributed by atoms with van der Waals surface area (Å²) in [5, 5.41) is 3.14. The average Bonchev–Trinajstić information content (AvgIpc) is 2.93. The first-order valence-corrected chi connectivity index (χ1v) is 7.28. The van der Waals surface area contributed by atoms with Crippen LogP contribution in [0.4, 0.5) is 0 Å². The second-order valence-electron chi connectivity index (χ2n) is 5.32. The maximum atomic E-state index is 12.6. The Kier molecular flexibility index (Phi) is 4.97. The lowest BCUT2D eigenvalue weighted by atomic mass is 10.0. The molecule has 0 bridgehead atoms. The molecule has 1 aliphatic rings. The molecule has 3 nitrogen and oxygen atoms in total. The van der Waals surface area contributed by atoms with E-state index in [9.17, 15) is 4.79 Å². The van der Waals surface area contributed by atoms with E-state index in [0.29, 0.717) is 5.92 Å². The molecular formula is C16H24N2O. The van der Waals surface area contributed by atoms with Crippen molar-refractivity contribution in [2.75, 3.05) is 26.7 Å². The number of nitrogens with zero attached hydrogens (tertiary/aromatic N) is 1. The van der Waals surface area contributed by atoms with Gasteiger partial charge < -0.3 is 10.2 Å². The highest BCUT2D eigenvalue weighted by atomic mass is 16.2. The predicted molar refractivity (Wildman–Crippen MR) is 78.4 cm³/mol. The lowest BCUT2D eigenvalue weighted by Crippen LogP contribution is -2.29. The minimum Gasteiger partial charge on any atom is -0.338 e. The fourth-order valence-corrected chi connectivity index (χ4v) is 2.73. The Morgan fingerprint density at radius 2 is 2.21 bits per heavy atom. The molecule has 0 aliphatic carbocycles. The molecule has 2 rings (SSSR count). The van der Waals surface area contributed by atoms with Crippen LogP contribution in [0.5, 0.6) is 0 Å². The minimum absolute atomic E-state index is 0.211. The molecule has 1 saturated heterocycles. The zero-order chi connectivity index (χ0) is 13.7. The summed E-state index contributed by atoms with van der Waals surface area (Å²) in [6.45, 7) is 4.95. The Balaban J connectivity index is 2.10. The van der Waals surface area contributed by atoms with Gasteiger partial charge in [0.25, 0.3) is 5.91 Å². The molecule has 104 valence electrons. The van der Waals surface area contributed by atoms with E-state index in [1.807, 2.05) is 30.1 Å². The van der Waals surface area contributed by atoms with E-state index >= 15 is 0 Å². The maximum Gasteiger partial charge on any atom is 0.254 e. The average molecular weight is 260 g/mol. The van der Waals surface area contributed by atoms with Crippen LogP contribution in [0.1, 0.15) is 35.7 Å². The number of hydrogen-bond donors (Lipinski definition) is 1. The number of hydrogen-bond acceptors (Lipinski definition) is 2. The number of carbonyl (C=O) groups is 1. The van der Waals surface area contributed by atoms with Crippen LogP contribution >= 0.6 is 0 Å². The normalized spacial score (nSPS) is 18.8. The van der Waals surface area contributed by atoms with Crippen LogP contribution in [0.15, 0.2) is 24.3 Å². The smallest absolute Gasteiger partial charge is 0.254 e. The molecule has 1 fully saturated rings. The van der Waals surface area contributed by atoms with Crippen LogP contribution in [-0.2, 0) is 6.42 Å². The summed E-state index contributed by atoms with van der Waals surface area (Å²) in [5.41, 5.74) is 2.04. The third-order valence-corrected chi connectivity index (χ3v) is 4.04. The van der Waals surface area contributed by atoms with Gasteiger partial charge >= 0.3 is 0 Å². The van der Waals surface area contributed by atoms with Crippen LogP contribution < -0.4 is 5.32 Å². The van der Waals surface area contributed by atoms with Gasteiger partial charge in [0, 0.05) is 18.7 Å². The van der Waals surface area contributed by atoms with Crippen molar-refractivity contribution in [2.24, 2.45) is 5.92 Å². The molecule has 1 aromatic rings. The summed E-state index contributed by atoms with van der Waals surface area (Å²) >= 11 is 0. The Bertz CT molecular complexity index is 431. The predicted octanol–water partition coefficient (Wildman–Crippen LogP) is 2.32. The zero-order valence-electron chi connectivity index (χ0n) is 12.0. The van der Waals surface area contributed by atoms with Gasteiger partial charge in [0.1, 0.15) is 0 Å². The molecule has 19 heavy (non-hydrogen) atoms. The monoisotopic (exact) mass is 260 g/mol. The van der Waals surface area contributed by atoms with Crippen molar-refractivity contribution >= 4 is 5.91 Å². The molecule has 1 aliphatic heterocycles. The fourth-order valence-electron chi connectivity index (χ4n) is 2.73. The van der Waals surface area contributed by atoms with E-state index in [0.717, 1.165) is 43.6 Å². The van der Waals surface area contributed by atoms with Gasteiger partial charge in [-0.1, -0.05) is 31.5 Å². The summed E-state index contributed by atoms with van der Waals surface area (Å²) in [5.74, 6) is 0.899. The lowest BCUT2D eigenvalue weighted by Gasteiger charge is -2.18. The Morgan fingerprint density at radius 3 is 2.89 bits per heavy atom. The van der Waals surface area contributed by atoms with Gasteiger partial charge in [-0.05, 0) is 44.0 Å². The third kappa shape index (κ3) is 3.35. The van der Waals surface area contributed by atoms with E-state index in [2.05, 4.69) is 18.3 Å². The van der Waals surface area contributed by atoms with Crippen molar-refractivity contribution in [1.82, 2.24) is 10.2 Å². The summed E-state index contributed by atoms with van der Waals surface area (Å²) in [7, 11) is 1.94.